The Balaban J connectivity index is 1.32. The minimum atomic E-state index is 1.13. The van der Waals surface area contributed by atoms with Crippen LogP contribution in [0.1, 0.15) is 27.8 Å². The van der Waals surface area contributed by atoms with Gasteiger partial charge in [0.1, 0.15) is 0 Å². The largest absolute Gasteiger partial charge is 0.311 e. The maximum atomic E-state index is 2.33. The third-order valence-electron chi connectivity index (χ3n) is 8.21. The van der Waals surface area contributed by atoms with Crippen LogP contribution in [0, 0.1) is 34.6 Å². The molecule has 0 saturated heterocycles. The normalized spacial score (nSPS) is 10.9. The molecular formula is C41H38N2. The lowest BCUT2D eigenvalue weighted by Crippen LogP contribution is -2.10. The minimum absolute atomic E-state index is 1.13. The first-order valence-electron chi connectivity index (χ1n) is 14.9. The quantitative estimate of drug-likeness (QED) is 0.192. The molecule has 212 valence electrons. The first-order chi connectivity index (χ1) is 20.9. The van der Waals surface area contributed by atoms with Gasteiger partial charge in [-0.25, -0.2) is 0 Å². The number of hydrogen-bond acceptors (Lipinski definition) is 2. The van der Waals surface area contributed by atoms with Crippen LogP contribution in [0.5, 0.6) is 0 Å². The van der Waals surface area contributed by atoms with Crippen LogP contribution in [0.3, 0.4) is 0 Å². The van der Waals surface area contributed by atoms with Gasteiger partial charge in [0.25, 0.3) is 0 Å². The van der Waals surface area contributed by atoms with Gasteiger partial charge in [0.15, 0.2) is 0 Å². The second-order valence-electron chi connectivity index (χ2n) is 11.5. The lowest BCUT2D eigenvalue weighted by molar-refractivity contribution is 1.24. The van der Waals surface area contributed by atoms with Crippen molar-refractivity contribution in [3.8, 4) is 11.1 Å². The molecule has 0 radical (unpaired) electrons. The lowest BCUT2D eigenvalue weighted by Gasteiger charge is -2.27. The first-order valence-corrected chi connectivity index (χ1v) is 14.9. The molecule has 0 spiro atoms. The van der Waals surface area contributed by atoms with Crippen molar-refractivity contribution in [1.82, 2.24) is 0 Å². The van der Waals surface area contributed by atoms with E-state index in [0.29, 0.717) is 0 Å². The molecule has 0 unspecified atom stereocenters. The molecule has 0 N–H and O–H groups in total. The molecular weight excluding hydrogens is 520 g/mol. The average molecular weight is 559 g/mol. The zero-order chi connectivity index (χ0) is 29.9. The highest BCUT2D eigenvalue weighted by Crippen LogP contribution is 2.38. The van der Waals surface area contributed by atoms with E-state index in [4.69, 9.17) is 0 Å². The van der Waals surface area contributed by atoms with Crippen molar-refractivity contribution < 1.29 is 0 Å². The van der Waals surface area contributed by atoms with Crippen LogP contribution in [0.2, 0.25) is 0 Å². The van der Waals surface area contributed by atoms with Gasteiger partial charge in [-0.1, -0.05) is 83.4 Å². The highest BCUT2D eigenvalue weighted by molar-refractivity contribution is 5.81. The van der Waals surface area contributed by atoms with Gasteiger partial charge in [0.05, 0.1) is 0 Å². The molecule has 6 aromatic rings. The van der Waals surface area contributed by atoms with Crippen LogP contribution < -0.4 is 9.80 Å². The maximum absolute atomic E-state index is 2.33. The second kappa shape index (κ2) is 12.0. The minimum Gasteiger partial charge on any atom is -0.311 e. The third-order valence-corrected chi connectivity index (χ3v) is 8.21. The van der Waals surface area contributed by atoms with Crippen molar-refractivity contribution in [2.45, 2.75) is 34.6 Å². The Morgan fingerprint density at radius 3 is 0.884 bits per heavy atom. The van der Waals surface area contributed by atoms with E-state index < -0.39 is 0 Å². The summed E-state index contributed by atoms with van der Waals surface area (Å²) in [5.41, 5.74) is 15.6. The van der Waals surface area contributed by atoms with Crippen LogP contribution in [0.25, 0.3) is 11.1 Å². The van der Waals surface area contributed by atoms with Crippen molar-refractivity contribution in [1.29, 1.82) is 0 Å². The molecule has 43 heavy (non-hydrogen) atoms. The summed E-state index contributed by atoms with van der Waals surface area (Å²) in [7, 11) is 0. The van der Waals surface area contributed by atoms with E-state index in [2.05, 4.69) is 184 Å². The summed E-state index contributed by atoms with van der Waals surface area (Å²) in [4.78, 5) is 4.65. The van der Waals surface area contributed by atoms with Crippen molar-refractivity contribution in [2.75, 3.05) is 9.80 Å². The van der Waals surface area contributed by atoms with Crippen molar-refractivity contribution in [3.63, 3.8) is 0 Å². The molecule has 0 aliphatic rings. The zero-order valence-corrected chi connectivity index (χ0v) is 25.7. The number of nitrogens with zero attached hydrogens (tertiary/aromatic N) is 2. The molecule has 6 aromatic carbocycles. The molecule has 0 heterocycles. The molecule has 0 saturated carbocycles. The number of anilines is 6. The number of rotatable bonds is 7. The van der Waals surface area contributed by atoms with E-state index in [-0.39, 0.29) is 0 Å². The molecule has 0 aliphatic carbocycles. The van der Waals surface area contributed by atoms with Crippen molar-refractivity contribution in [2.24, 2.45) is 0 Å². The van der Waals surface area contributed by atoms with Crippen LogP contribution in [-0.4, -0.2) is 0 Å². The van der Waals surface area contributed by atoms with E-state index in [0.717, 1.165) is 34.1 Å². The highest BCUT2D eigenvalue weighted by Gasteiger charge is 2.15. The third kappa shape index (κ3) is 6.10. The predicted molar refractivity (Wildman–Crippen MR) is 185 cm³/mol. The Bertz CT molecular complexity index is 1770. The van der Waals surface area contributed by atoms with Gasteiger partial charge >= 0.3 is 0 Å². The van der Waals surface area contributed by atoms with Gasteiger partial charge < -0.3 is 9.80 Å². The topological polar surface area (TPSA) is 6.48 Å². The summed E-state index contributed by atoms with van der Waals surface area (Å²) in [6.07, 6.45) is 0. The molecule has 0 aromatic heterocycles. The summed E-state index contributed by atoms with van der Waals surface area (Å²) < 4.78 is 0. The van der Waals surface area contributed by atoms with Gasteiger partial charge in [-0.05, 0) is 130 Å². The van der Waals surface area contributed by atoms with Crippen LogP contribution in [-0.2, 0) is 0 Å². The fourth-order valence-corrected chi connectivity index (χ4v) is 5.45. The van der Waals surface area contributed by atoms with Gasteiger partial charge in [-0.15, -0.1) is 0 Å². The molecule has 2 nitrogen and oxygen atoms in total. The SMILES string of the molecule is Cc1ccc(N(c2ccc(C)cc2)c2ccc(-c3ccc(N(c4ccc(C)cc4)c4ccc(C)c(C)c4)cc3)cc2)cc1. The van der Waals surface area contributed by atoms with E-state index in [1.807, 2.05) is 0 Å². The van der Waals surface area contributed by atoms with Gasteiger partial charge in [-0.3, -0.25) is 0 Å². The predicted octanol–water partition coefficient (Wildman–Crippen LogP) is 11.8. The van der Waals surface area contributed by atoms with E-state index in [1.54, 1.807) is 0 Å². The average Bonchev–Trinajstić information content (AvgIpc) is 3.03. The van der Waals surface area contributed by atoms with Gasteiger partial charge in [0.2, 0.25) is 0 Å². The van der Waals surface area contributed by atoms with Crippen LogP contribution in [0.4, 0.5) is 34.1 Å². The van der Waals surface area contributed by atoms with Crippen molar-refractivity contribution >= 4 is 34.1 Å². The fourth-order valence-electron chi connectivity index (χ4n) is 5.45. The van der Waals surface area contributed by atoms with Gasteiger partial charge in [-0.2, -0.15) is 0 Å². The lowest BCUT2D eigenvalue weighted by atomic mass is 10.0. The molecule has 2 heteroatoms. The van der Waals surface area contributed by atoms with E-state index >= 15 is 0 Å². The smallest absolute Gasteiger partial charge is 0.0464 e. The standard InChI is InChI=1S/C41H38N2/c1-29-6-17-36(18-7-29)42(37-19-8-30(2)9-20-37)39-24-13-34(14-25-39)35-15-26-40(27-16-35)43(38-21-10-31(3)11-22-38)41-23-12-32(4)33(5)28-41/h6-28H,1-5H3. The van der Waals surface area contributed by atoms with E-state index in [9.17, 15) is 0 Å². The molecule has 0 amide bonds. The summed E-state index contributed by atoms with van der Waals surface area (Å²) >= 11 is 0. The molecule has 0 aliphatic heterocycles. The molecule has 0 bridgehead atoms. The monoisotopic (exact) mass is 558 g/mol. The summed E-state index contributed by atoms with van der Waals surface area (Å²) in [5, 5.41) is 0. The highest BCUT2D eigenvalue weighted by atomic mass is 15.1. The second-order valence-corrected chi connectivity index (χ2v) is 11.5. The van der Waals surface area contributed by atoms with E-state index in [1.165, 1.54) is 38.9 Å². The number of benzene rings is 6. The Hall–Kier alpha value is -5.08. The zero-order valence-electron chi connectivity index (χ0n) is 25.7. The van der Waals surface area contributed by atoms with Crippen LogP contribution in [0.15, 0.2) is 140 Å². The Labute approximate surface area is 256 Å². The van der Waals surface area contributed by atoms with Crippen LogP contribution >= 0.6 is 0 Å². The maximum Gasteiger partial charge on any atom is 0.0464 e. The summed E-state index contributed by atoms with van der Waals surface area (Å²) in [6.45, 7) is 10.7. The number of hydrogen-bond donors (Lipinski definition) is 0. The summed E-state index contributed by atoms with van der Waals surface area (Å²) in [5.74, 6) is 0. The van der Waals surface area contributed by atoms with Crippen molar-refractivity contribution in [3.05, 3.63) is 167 Å². The Kier molecular flexibility index (Phi) is 7.85. The Morgan fingerprint density at radius 1 is 0.279 bits per heavy atom. The molecule has 6 rings (SSSR count). The fraction of sp³-hybridized carbons (Fsp3) is 0.122. The summed E-state index contributed by atoms with van der Waals surface area (Å²) in [6, 6.07) is 50.7. The molecule has 0 fully saturated rings. The molecule has 0 atom stereocenters. The first kappa shape index (κ1) is 28.1. The number of aryl methyl sites for hydroxylation is 5. The van der Waals surface area contributed by atoms with Gasteiger partial charge in [0, 0.05) is 34.1 Å². The Morgan fingerprint density at radius 2 is 0.558 bits per heavy atom.